The molecule has 0 saturated carbocycles. The fraction of sp³-hybridized carbons (Fsp3) is 0.500. The van der Waals surface area contributed by atoms with E-state index in [1.807, 2.05) is 6.92 Å². The molecule has 0 atom stereocenters. The van der Waals surface area contributed by atoms with Gasteiger partial charge in [-0.2, -0.15) is 0 Å². The van der Waals surface area contributed by atoms with Gasteiger partial charge in [0.1, 0.15) is 5.69 Å². The van der Waals surface area contributed by atoms with Crippen LogP contribution in [0, 0.1) is 24.0 Å². The van der Waals surface area contributed by atoms with E-state index in [2.05, 4.69) is 28.9 Å². The van der Waals surface area contributed by atoms with E-state index < -0.39 is 0 Å². The van der Waals surface area contributed by atoms with Crippen LogP contribution in [0.3, 0.4) is 0 Å². The van der Waals surface area contributed by atoms with Crippen LogP contribution in [-0.2, 0) is 4.74 Å². The number of nitro benzene ring substituents is 1. The van der Waals surface area contributed by atoms with Gasteiger partial charge in [-0.25, -0.2) is 4.98 Å². The Hall–Kier alpha value is -3.08. The fourth-order valence-electron chi connectivity index (χ4n) is 5.29. The number of nitro groups is 1. The molecule has 2 aliphatic heterocycles. The molecule has 3 heterocycles. The normalized spacial score (nSPS) is 16.6. The van der Waals surface area contributed by atoms with Crippen molar-refractivity contribution in [3.8, 4) is 0 Å². The maximum absolute atomic E-state index is 14.0. The first kappa shape index (κ1) is 26.5. The molecule has 3 aromatic rings. The summed E-state index contributed by atoms with van der Waals surface area (Å²) in [6, 6.07) is 9.06. The third-order valence-corrected chi connectivity index (χ3v) is 8.70. The van der Waals surface area contributed by atoms with Gasteiger partial charge in [0.25, 0.3) is 11.6 Å². The second-order valence-corrected chi connectivity index (χ2v) is 11.1. The molecule has 9 nitrogen and oxygen atoms in total. The molecule has 2 aliphatic rings. The SMILES string of the molecule is Cc1ccc(C)c2sc(N(CCCN3CCOCC3)C(=O)c3ccc(N4CCCCC4)c([N+](=O)[O-])c3)nc12. The lowest BCUT2D eigenvalue weighted by Crippen LogP contribution is -2.39. The number of carbonyl (C=O) groups is 1. The molecule has 0 N–H and O–H groups in total. The first-order chi connectivity index (χ1) is 18.4. The van der Waals surface area contributed by atoms with Crippen LogP contribution >= 0.6 is 11.3 Å². The molecule has 1 aromatic heterocycles. The summed E-state index contributed by atoms with van der Waals surface area (Å²) in [4.78, 5) is 36.6. The predicted molar refractivity (Wildman–Crippen MR) is 152 cm³/mol. The van der Waals surface area contributed by atoms with Crippen molar-refractivity contribution in [2.45, 2.75) is 39.5 Å². The lowest BCUT2D eigenvalue weighted by Gasteiger charge is -2.29. The molecule has 0 aliphatic carbocycles. The number of aryl methyl sites for hydroxylation is 2. The lowest BCUT2D eigenvalue weighted by atomic mass is 10.1. The summed E-state index contributed by atoms with van der Waals surface area (Å²) in [5.41, 5.74) is 3.99. The maximum Gasteiger partial charge on any atom is 0.293 e. The van der Waals surface area contributed by atoms with Crippen LogP contribution in [-0.4, -0.2) is 73.2 Å². The topological polar surface area (TPSA) is 92.0 Å². The van der Waals surface area contributed by atoms with Crippen molar-refractivity contribution in [1.82, 2.24) is 9.88 Å². The van der Waals surface area contributed by atoms with Crippen LogP contribution < -0.4 is 9.80 Å². The van der Waals surface area contributed by atoms with Gasteiger partial charge >= 0.3 is 0 Å². The Morgan fingerprint density at radius 3 is 2.53 bits per heavy atom. The van der Waals surface area contributed by atoms with Crippen molar-refractivity contribution in [3.05, 3.63) is 57.1 Å². The number of thiazole rings is 1. The number of anilines is 2. The van der Waals surface area contributed by atoms with Gasteiger partial charge in [0, 0.05) is 50.9 Å². The average Bonchev–Trinajstić information content (AvgIpc) is 3.40. The van der Waals surface area contributed by atoms with Crippen molar-refractivity contribution in [3.63, 3.8) is 0 Å². The number of hydrogen-bond donors (Lipinski definition) is 0. The molecular weight excluding hydrogens is 502 g/mol. The number of benzene rings is 2. The second-order valence-electron chi connectivity index (χ2n) is 10.1. The van der Waals surface area contributed by atoms with Crippen LogP contribution in [0.5, 0.6) is 0 Å². The van der Waals surface area contributed by atoms with E-state index in [1.54, 1.807) is 17.0 Å². The molecule has 0 unspecified atom stereocenters. The van der Waals surface area contributed by atoms with E-state index in [0.29, 0.717) is 22.9 Å². The Morgan fingerprint density at radius 1 is 1.08 bits per heavy atom. The zero-order valence-electron chi connectivity index (χ0n) is 22.1. The Balaban J connectivity index is 1.46. The molecule has 0 spiro atoms. The van der Waals surface area contributed by atoms with Crippen molar-refractivity contribution in [1.29, 1.82) is 0 Å². The summed E-state index contributed by atoms with van der Waals surface area (Å²) in [5.74, 6) is -0.255. The summed E-state index contributed by atoms with van der Waals surface area (Å²) in [6.45, 7) is 10.2. The van der Waals surface area contributed by atoms with Crippen LogP contribution in [0.4, 0.5) is 16.5 Å². The van der Waals surface area contributed by atoms with Crippen LogP contribution in [0.25, 0.3) is 10.2 Å². The van der Waals surface area contributed by atoms with Crippen molar-refractivity contribution in [2.75, 3.05) is 62.3 Å². The zero-order chi connectivity index (χ0) is 26.6. The summed E-state index contributed by atoms with van der Waals surface area (Å²) < 4.78 is 6.53. The highest BCUT2D eigenvalue weighted by Crippen LogP contribution is 2.35. The highest BCUT2D eigenvalue weighted by atomic mass is 32.1. The quantitative estimate of drug-likeness (QED) is 0.289. The largest absolute Gasteiger partial charge is 0.379 e. The molecule has 2 saturated heterocycles. The summed E-state index contributed by atoms with van der Waals surface area (Å²) in [7, 11) is 0. The minimum Gasteiger partial charge on any atom is -0.379 e. The van der Waals surface area contributed by atoms with Gasteiger partial charge in [-0.3, -0.25) is 24.7 Å². The Kier molecular flexibility index (Phi) is 8.21. The molecule has 0 bridgehead atoms. The van der Waals surface area contributed by atoms with Gasteiger partial charge in [-0.1, -0.05) is 23.5 Å². The zero-order valence-corrected chi connectivity index (χ0v) is 23.0. The first-order valence-corrected chi connectivity index (χ1v) is 14.3. The average molecular weight is 538 g/mol. The van der Waals surface area contributed by atoms with Gasteiger partial charge in [-0.15, -0.1) is 0 Å². The van der Waals surface area contributed by atoms with Crippen LogP contribution in [0.2, 0.25) is 0 Å². The van der Waals surface area contributed by atoms with Crippen molar-refractivity contribution in [2.24, 2.45) is 0 Å². The highest BCUT2D eigenvalue weighted by Gasteiger charge is 2.27. The van der Waals surface area contributed by atoms with E-state index in [-0.39, 0.29) is 16.5 Å². The number of fused-ring (bicyclic) bond motifs is 1. The van der Waals surface area contributed by atoms with Gasteiger partial charge < -0.3 is 9.64 Å². The molecular formula is C28H35N5O4S. The molecule has 1 amide bonds. The number of piperidine rings is 1. The minimum absolute atomic E-state index is 0.0120. The maximum atomic E-state index is 14.0. The number of rotatable bonds is 8. The Morgan fingerprint density at radius 2 is 1.82 bits per heavy atom. The Labute approximate surface area is 227 Å². The van der Waals surface area contributed by atoms with Crippen molar-refractivity contribution < 1.29 is 14.5 Å². The van der Waals surface area contributed by atoms with E-state index in [4.69, 9.17) is 9.72 Å². The smallest absolute Gasteiger partial charge is 0.293 e. The Bertz CT molecular complexity index is 1280. The van der Waals surface area contributed by atoms with Gasteiger partial charge in [0.2, 0.25) is 0 Å². The molecule has 202 valence electrons. The van der Waals surface area contributed by atoms with Crippen LogP contribution in [0.15, 0.2) is 30.3 Å². The second kappa shape index (κ2) is 11.8. The van der Waals surface area contributed by atoms with E-state index >= 15 is 0 Å². The molecule has 10 heteroatoms. The number of morpholine rings is 1. The molecule has 0 radical (unpaired) electrons. The molecule has 2 fully saturated rings. The number of hydrogen-bond acceptors (Lipinski definition) is 8. The number of carbonyl (C=O) groups excluding carboxylic acids is 1. The summed E-state index contributed by atoms with van der Waals surface area (Å²) in [6.07, 6.45) is 3.95. The van der Waals surface area contributed by atoms with Crippen LogP contribution in [0.1, 0.15) is 47.2 Å². The number of amides is 1. The third-order valence-electron chi connectivity index (χ3n) is 7.48. The van der Waals surface area contributed by atoms with Crippen molar-refractivity contribution >= 4 is 44.0 Å². The van der Waals surface area contributed by atoms with Gasteiger partial charge in [0.05, 0.1) is 28.4 Å². The fourth-order valence-corrected chi connectivity index (χ4v) is 6.42. The first-order valence-electron chi connectivity index (χ1n) is 13.4. The lowest BCUT2D eigenvalue weighted by molar-refractivity contribution is -0.384. The number of aromatic nitrogens is 1. The summed E-state index contributed by atoms with van der Waals surface area (Å²) >= 11 is 1.51. The number of ether oxygens (including phenoxy) is 1. The molecule has 38 heavy (non-hydrogen) atoms. The predicted octanol–water partition coefficient (Wildman–Crippen LogP) is 5.18. The number of nitrogens with zero attached hydrogens (tertiary/aromatic N) is 5. The van der Waals surface area contributed by atoms with E-state index in [1.165, 1.54) is 17.4 Å². The third kappa shape index (κ3) is 5.67. The molecule has 2 aromatic carbocycles. The van der Waals surface area contributed by atoms with Gasteiger partial charge in [0.15, 0.2) is 5.13 Å². The standard InChI is InChI=1S/C28H35N5O4S/c1-20-7-8-21(2)26-25(20)29-28(38-26)32(14-6-11-30-15-17-37-18-16-30)27(34)22-9-10-23(24(19-22)33(35)36)31-12-4-3-5-13-31/h7-10,19H,3-6,11-18H2,1-2H3. The highest BCUT2D eigenvalue weighted by molar-refractivity contribution is 7.22. The molecule has 5 rings (SSSR count). The monoisotopic (exact) mass is 537 g/mol. The van der Waals surface area contributed by atoms with E-state index in [0.717, 1.165) is 93.0 Å². The minimum atomic E-state index is -0.367. The van der Waals surface area contributed by atoms with Gasteiger partial charge in [-0.05, 0) is 62.8 Å². The van der Waals surface area contributed by atoms with E-state index in [9.17, 15) is 14.9 Å². The summed E-state index contributed by atoms with van der Waals surface area (Å²) in [5, 5.41) is 12.7.